The van der Waals surface area contributed by atoms with Gasteiger partial charge in [0.1, 0.15) is 22.5 Å². The Hall–Kier alpha value is -2.40. The Bertz CT molecular complexity index is 884. The number of nitrogens with one attached hydrogen (secondary N) is 2. The van der Waals surface area contributed by atoms with E-state index in [-0.39, 0.29) is 15.7 Å². The molecule has 1 aliphatic heterocycles. The first kappa shape index (κ1) is 22.6. The number of nitrogens with zero attached hydrogens (tertiary/aromatic N) is 2. The lowest BCUT2D eigenvalue weighted by Gasteiger charge is -2.10. The van der Waals surface area contributed by atoms with Gasteiger partial charge in [-0.15, -0.1) is 12.6 Å². The van der Waals surface area contributed by atoms with Gasteiger partial charge in [0, 0.05) is 18.7 Å². The zero-order valence-electron chi connectivity index (χ0n) is 14.7. The molecule has 9 heteroatoms. The number of hydrogen-bond donors (Lipinski definition) is 3. The molecule has 0 amide bonds. The quantitative estimate of drug-likeness (QED) is 0.521. The van der Waals surface area contributed by atoms with Gasteiger partial charge in [-0.3, -0.25) is 0 Å². The Kier molecular flexibility index (Phi) is 9.51. The van der Waals surface area contributed by atoms with Gasteiger partial charge < -0.3 is 25.3 Å². The molecule has 0 unspecified atom stereocenters. The first-order chi connectivity index (χ1) is 12.6. The Morgan fingerprint density at radius 1 is 1.11 bits per heavy atom. The fourth-order valence-electron chi connectivity index (χ4n) is 2.37. The van der Waals surface area contributed by atoms with Crippen LogP contribution < -0.4 is 10.1 Å². The van der Waals surface area contributed by atoms with Gasteiger partial charge in [-0.1, -0.05) is 24.4 Å². The number of thiol groups is 1. The van der Waals surface area contributed by atoms with Crippen molar-refractivity contribution in [2.75, 3.05) is 33.4 Å². The molecule has 0 spiro atoms. The minimum Gasteiger partial charge on any atom is -0.497 e. The molecule has 142 valence electrons. The van der Waals surface area contributed by atoms with Crippen LogP contribution in [-0.4, -0.2) is 43.9 Å². The summed E-state index contributed by atoms with van der Waals surface area (Å²) in [6, 6.07) is 11.2. The predicted octanol–water partition coefficient (Wildman–Crippen LogP) is 2.23. The number of H-pyrrole nitrogens is 1. The van der Waals surface area contributed by atoms with E-state index in [4.69, 9.17) is 21.7 Å². The minimum absolute atomic E-state index is 0. The largest absolute Gasteiger partial charge is 0.497 e. The maximum absolute atomic E-state index is 9.29. The Balaban J connectivity index is 0.000000444. The van der Waals surface area contributed by atoms with E-state index in [9.17, 15) is 10.5 Å². The number of morpholine rings is 1. The van der Waals surface area contributed by atoms with Crippen LogP contribution in [0, 0.1) is 27.3 Å². The van der Waals surface area contributed by atoms with Gasteiger partial charge in [-0.05, 0) is 17.7 Å². The number of aromatic amines is 1. The molecule has 2 aromatic rings. The number of aromatic nitrogens is 1. The highest BCUT2D eigenvalue weighted by Gasteiger charge is 2.16. The number of hydrogen-bond acceptors (Lipinski definition) is 7. The Morgan fingerprint density at radius 3 is 2.11 bits per heavy atom. The molecule has 0 bridgehead atoms. The SMILES string of the molecule is C1COCCN1.COc1ccc(-c2c(C#N)c(S)[nH]c(=S)c2C#N)cc1.O. The van der Waals surface area contributed by atoms with E-state index in [0.29, 0.717) is 27.5 Å². The average Bonchev–Trinajstić information content (AvgIpc) is 2.69. The Morgan fingerprint density at radius 2 is 1.70 bits per heavy atom. The third kappa shape index (κ3) is 5.79. The second-order valence-corrected chi connectivity index (χ2v) is 6.10. The van der Waals surface area contributed by atoms with Crippen molar-refractivity contribution < 1.29 is 14.9 Å². The number of ether oxygens (including phenoxy) is 2. The van der Waals surface area contributed by atoms with E-state index in [0.717, 1.165) is 26.3 Å². The van der Waals surface area contributed by atoms with Crippen molar-refractivity contribution in [2.45, 2.75) is 5.03 Å². The number of pyridine rings is 1. The molecule has 1 fully saturated rings. The van der Waals surface area contributed by atoms with Gasteiger partial charge in [0.25, 0.3) is 0 Å². The first-order valence-electron chi connectivity index (χ1n) is 7.84. The predicted molar refractivity (Wildman–Crippen MR) is 108 cm³/mol. The molecule has 2 heterocycles. The van der Waals surface area contributed by atoms with Gasteiger partial charge in [-0.2, -0.15) is 10.5 Å². The van der Waals surface area contributed by atoms with Gasteiger partial charge in [0.2, 0.25) is 0 Å². The molecule has 1 aliphatic rings. The van der Waals surface area contributed by atoms with Crippen LogP contribution in [0.15, 0.2) is 29.3 Å². The monoisotopic (exact) mass is 404 g/mol. The van der Waals surface area contributed by atoms with Crippen LogP contribution in [0.5, 0.6) is 5.75 Å². The molecule has 7 nitrogen and oxygen atoms in total. The summed E-state index contributed by atoms with van der Waals surface area (Å²) < 4.78 is 10.4. The highest BCUT2D eigenvalue weighted by Crippen LogP contribution is 2.31. The van der Waals surface area contributed by atoms with Gasteiger partial charge in [0.15, 0.2) is 0 Å². The van der Waals surface area contributed by atoms with Crippen molar-refractivity contribution in [1.29, 1.82) is 10.5 Å². The van der Waals surface area contributed by atoms with Crippen molar-refractivity contribution >= 4 is 24.8 Å². The molecule has 27 heavy (non-hydrogen) atoms. The van der Waals surface area contributed by atoms with Crippen LogP contribution in [0.2, 0.25) is 0 Å². The highest BCUT2D eigenvalue weighted by molar-refractivity contribution is 7.80. The molecule has 3 rings (SSSR count). The number of rotatable bonds is 2. The molecule has 0 saturated carbocycles. The summed E-state index contributed by atoms with van der Waals surface area (Å²) in [5.41, 5.74) is 1.77. The average molecular weight is 405 g/mol. The fourth-order valence-corrected chi connectivity index (χ4v) is 2.97. The van der Waals surface area contributed by atoms with E-state index >= 15 is 0 Å². The number of nitriles is 2. The van der Waals surface area contributed by atoms with E-state index in [1.807, 2.05) is 6.07 Å². The van der Waals surface area contributed by atoms with Crippen LogP contribution in [0.1, 0.15) is 11.1 Å². The third-order valence-corrected chi connectivity index (χ3v) is 4.29. The molecule has 4 N–H and O–H groups in total. The summed E-state index contributed by atoms with van der Waals surface area (Å²) in [4.78, 5) is 2.75. The molecule has 1 aromatic carbocycles. The van der Waals surface area contributed by atoms with Gasteiger partial charge in [-0.25, -0.2) is 0 Å². The second-order valence-electron chi connectivity index (χ2n) is 5.24. The molecule has 0 atom stereocenters. The first-order valence-corrected chi connectivity index (χ1v) is 8.70. The van der Waals surface area contributed by atoms with E-state index < -0.39 is 0 Å². The van der Waals surface area contributed by atoms with Crippen LogP contribution in [0.25, 0.3) is 11.1 Å². The van der Waals surface area contributed by atoms with Crippen molar-refractivity contribution in [3.63, 3.8) is 0 Å². The summed E-state index contributed by atoms with van der Waals surface area (Å²) in [6.45, 7) is 3.83. The smallest absolute Gasteiger partial charge is 0.122 e. The molecule has 1 aromatic heterocycles. The minimum atomic E-state index is 0. The molecule has 1 saturated heterocycles. The summed E-state index contributed by atoms with van der Waals surface area (Å²) in [7, 11) is 1.57. The molecular formula is C18H20N4O3S2. The maximum atomic E-state index is 9.29. The van der Waals surface area contributed by atoms with E-state index in [2.05, 4.69) is 29.0 Å². The van der Waals surface area contributed by atoms with Crippen LogP contribution >= 0.6 is 24.8 Å². The lowest BCUT2D eigenvalue weighted by atomic mass is 9.97. The van der Waals surface area contributed by atoms with Crippen LogP contribution in [-0.2, 0) is 4.74 Å². The molecule has 0 radical (unpaired) electrons. The van der Waals surface area contributed by atoms with Gasteiger partial charge in [0.05, 0.1) is 36.5 Å². The lowest BCUT2D eigenvalue weighted by Crippen LogP contribution is -2.30. The van der Waals surface area contributed by atoms with E-state index in [1.165, 1.54) is 0 Å². The van der Waals surface area contributed by atoms with Crippen molar-refractivity contribution in [3.05, 3.63) is 40.0 Å². The number of methoxy groups -OCH3 is 1. The topological polar surface area (TPSA) is 125 Å². The van der Waals surface area contributed by atoms with Crippen molar-refractivity contribution in [3.8, 4) is 29.0 Å². The summed E-state index contributed by atoms with van der Waals surface area (Å²) in [5.74, 6) is 0.693. The van der Waals surface area contributed by atoms with Crippen LogP contribution in [0.3, 0.4) is 0 Å². The number of benzene rings is 1. The van der Waals surface area contributed by atoms with E-state index in [1.54, 1.807) is 31.4 Å². The van der Waals surface area contributed by atoms with Gasteiger partial charge >= 0.3 is 0 Å². The summed E-state index contributed by atoms with van der Waals surface area (Å²) in [5, 5.41) is 22.1. The molecular weight excluding hydrogens is 384 g/mol. The normalized spacial score (nSPS) is 12.4. The second kappa shape index (κ2) is 11.3. The maximum Gasteiger partial charge on any atom is 0.122 e. The third-order valence-electron chi connectivity index (χ3n) is 3.64. The van der Waals surface area contributed by atoms with Crippen LogP contribution in [0.4, 0.5) is 0 Å². The zero-order valence-corrected chi connectivity index (χ0v) is 16.4. The lowest BCUT2D eigenvalue weighted by molar-refractivity contribution is 0.109. The standard InChI is InChI=1S/C14H9N3OS2.C4H9NO.H2O/c1-18-9-4-2-8(3-5-9)12-10(6-15)13(19)17-14(20)11(12)7-16;1-3-6-4-2-5-1;/h2-5H,1H3,(H2,17,19,20);5H,1-4H2;1H2. The van der Waals surface area contributed by atoms with Crippen molar-refractivity contribution in [1.82, 2.24) is 10.3 Å². The van der Waals surface area contributed by atoms with Crippen molar-refractivity contribution in [2.24, 2.45) is 0 Å². The summed E-state index contributed by atoms with van der Waals surface area (Å²) in [6.07, 6.45) is 0. The molecule has 0 aliphatic carbocycles. The fraction of sp³-hybridized carbons (Fsp3) is 0.278. The zero-order chi connectivity index (χ0) is 18.9. The highest BCUT2D eigenvalue weighted by atomic mass is 32.1. The summed E-state index contributed by atoms with van der Waals surface area (Å²) >= 11 is 9.33. The Labute approximate surface area is 168 Å².